The van der Waals surface area contributed by atoms with E-state index in [2.05, 4.69) is 10.6 Å². The van der Waals surface area contributed by atoms with E-state index in [1.54, 1.807) is 18.2 Å². The Bertz CT molecular complexity index is 613. The average Bonchev–Trinajstić information content (AvgIpc) is 2.33. The van der Waals surface area contributed by atoms with Crippen LogP contribution in [0.15, 0.2) is 42.5 Å². The van der Waals surface area contributed by atoms with Gasteiger partial charge >= 0.3 is 6.03 Å². The second-order valence-corrected chi connectivity index (χ2v) is 4.18. The van der Waals surface area contributed by atoms with E-state index in [0.717, 1.165) is 5.56 Å². The molecule has 0 fully saturated rings. The van der Waals surface area contributed by atoms with E-state index in [1.807, 2.05) is 13.0 Å². The minimum absolute atomic E-state index is 0.378. The number of nitrogen functional groups attached to an aromatic ring is 1. The second-order valence-electron chi connectivity index (χ2n) is 4.18. The SMILES string of the molecule is Cc1ccc(NC(=O)Nc2cccc(F)c2)c(N)c1. The van der Waals surface area contributed by atoms with Crippen LogP contribution in [0.4, 0.5) is 26.2 Å². The number of anilines is 3. The van der Waals surface area contributed by atoms with Crippen molar-refractivity contribution < 1.29 is 9.18 Å². The lowest BCUT2D eigenvalue weighted by molar-refractivity contribution is 0.262. The zero-order chi connectivity index (χ0) is 13.8. The fourth-order valence-electron chi connectivity index (χ4n) is 1.65. The van der Waals surface area contributed by atoms with E-state index >= 15 is 0 Å². The minimum atomic E-state index is -0.471. The molecule has 0 saturated heterocycles. The quantitative estimate of drug-likeness (QED) is 0.724. The Morgan fingerprint density at radius 1 is 1.16 bits per heavy atom. The van der Waals surface area contributed by atoms with Crippen molar-refractivity contribution in [2.24, 2.45) is 0 Å². The Morgan fingerprint density at radius 3 is 2.63 bits per heavy atom. The topological polar surface area (TPSA) is 67.2 Å². The number of hydrogen-bond donors (Lipinski definition) is 3. The highest BCUT2D eigenvalue weighted by Crippen LogP contribution is 2.19. The highest BCUT2D eigenvalue weighted by atomic mass is 19.1. The van der Waals surface area contributed by atoms with Crippen molar-refractivity contribution in [2.75, 3.05) is 16.4 Å². The number of carbonyl (C=O) groups excluding carboxylic acids is 1. The van der Waals surface area contributed by atoms with E-state index in [-0.39, 0.29) is 0 Å². The molecule has 4 N–H and O–H groups in total. The molecule has 0 bridgehead atoms. The molecule has 2 aromatic carbocycles. The lowest BCUT2D eigenvalue weighted by atomic mass is 10.2. The Morgan fingerprint density at radius 2 is 1.95 bits per heavy atom. The fourth-order valence-corrected chi connectivity index (χ4v) is 1.65. The number of nitrogens with two attached hydrogens (primary N) is 1. The predicted molar refractivity (Wildman–Crippen MR) is 74.6 cm³/mol. The van der Waals surface area contributed by atoms with Crippen LogP contribution in [0.5, 0.6) is 0 Å². The van der Waals surface area contributed by atoms with Crippen molar-refractivity contribution in [2.45, 2.75) is 6.92 Å². The predicted octanol–water partition coefficient (Wildman–Crippen LogP) is 3.36. The molecule has 0 aromatic heterocycles. The Kier molecular flexibility index (Phi) is 3.66. The van der Waals surface area contributed by atoms with Gasteiger partial charge in [0.05, 0.1) is 11.4 Å². The van der Waals surface area contributed by atoms with Gasteiger partial charge in [-0.3, -0.25) is 0 Å². The third-order valence-corrected chi connectivity index (χ3v) is 2.54. The monoisotopic (exact) mass is 259 g/mol. The molecular weight excluding hydrogens is 245 g/mol. The van der Waals surface area contributed by atoms with Crippen molar-refractivity contribution >= 4 is 23.1 Å². The summed E-state index contributed by atoms with van der Waals surface area (Å²) < 4.78 is 13.0. The first kappa shape index (κ1) is 12.9. The molecule has 0 spiro atoms. The summed E-state index contributed by atoms with van der Waals surface area (Å²) in [4.78, 5) is 11.7. The number of benzene rings is 2. The molecule has 2 aromatic rings. The summed E-state index contributed by atoms with van der Waals surface area (Å²) in [5.74, 6) is -0.410. The Labute approximate surface area is 110 Å². The van der Waals surface area contributed by atoms with Crippen molar-refractivity contribution in [3.63, 3.8) is 0 Å². The summed E-state index contributed by atoms with van der Waals surface area (Å²) in [6, 6.07) is 10.5. The first-order valence-corrected chi connectivity index (χ1v) is 5.74. The van der Waals surface area contributed by atoms with Gasteiger partial charge in [0, 0.05) is 5.69 Å². The molecule has 2 rings (SSSR count). The molecule has 0 atom stereocenters. The van der Waals surface area contributed by atoms with Gasteiger partial charge in [-0.1, -0.05) is 12.1 Å². The molecule has 0 aliphatic rings. The molecule has 0 saturated carbocycles. The molecule has 0 aliphatic heterocycles. The number of aryl methyl sites for hydroxylation is 1. The molecule has 0 aliphatic carbocycles. The first-order chi connectivity index (χ1) is 9.04. The van der Waals surface area contributed by atoms with Gasteiger partial charge in [0.15, 0.2) is 0 Å². The van der Waals surface area contributed by atoms with Crippen LogP contribution in [0.25, 0.3) is 0 Å². The van der Waals surface area contributed by atoms with Crippen LogP contribution >= 0.6 is 0 Å². The van der Waals surface area contributed by atoms with E-state index < -0.39 is 11.8 Å². The highest BCUT2D eigenvalue weighted by molar-refractivity contribution is 6.01. The van der Waals surface area contributed by atoms with Crippen LogP contribution < -0.4 is 16.4 Å². The van der Waals surface area contributed by atoms with Crippen LogP contribution in [0, 0.1) is 12.7 Å². The summed E-state index contributed by atoms with van der Waals surface area (Å²) in [6.07, 6.45) is 0. The molecule has 4 nitrogen and oxygen atoms in total. The van der Waals surface area contributed by atoms with Gasteiger partial charge in [0.25, 0.3) is 0 Å². The molecule has 2 amide bonds. The summed E-state index contributed by atoms with van der Waals surface area (Å²) in [7, 11) is 0. The van der Waals surface area contributed by atoms with E-state index in [1.165, 1.54) is 18.2 Å². The molecule has 19 heavy (non-hydrogen) atoms. The smallest absolute Gasteiger partial charge is 0.323 e. The summed E-state index contributed by atoms with van der Waals surface area (Å²) >= 11 is 0. The molecule has 5 heteroatoms. The molecule has 0 unspecified atom stereocenters. The largest absolute Gasteiger partial charge is 0.397 e. The molecular formula is C14H14FN3O. The van der Waals surface area contributed by atoms with E-state index in [9.17, 15) is 9.18 Å². The van der Waals surface area contributed by atoms with Crippen molar-refractivity contribution in [3.8, 4) is 0 Å². The van der Waals surface area contributed by atoms with Crippen LogP contribution in [0.3, 0.4) is 0 Å². The lowest BCUT2D eigenvalue weighted by Gasteiger charge is -2.10. The number of hydrogen-bond acceptors (Lipinski definition) is 2. The van der Waals surface area contributed by atoms with Gasteiger partial charge in [-0.05, 0) is 42.8 Å². The zero-order valence-corrected chi connectivity index (χ0v) is 10.4. The maximum Gasteiger partial charge on any atom is 0.323 e. The maximum atomic E-state index is 13.0. The fraction of sp³-hybridized carbons (Fsp3) is 0.0714. The summed E-state index contributed by atoms with van der Waals surface area (Å²) in [5, 5.41) is 5.14. The summed E-state index contributed by atoms with van der Waals surface area (Å²) in [5.41, 5.74) is 8.16. The van der Waals surface area contributed by atoms with Gasteiger partial charge < -0.3 is 16.4 Å². The first-order valence-electron chi connectivity index (χ1n) is 5.74. The number of carbonyl (C=O) groups is 1. The van der Waals surface area contributed by atoms with Crippen LogP contribution in [0.2, 0.25) is 0 Å². The van der Waals surface area contributed by atoms with Gasteiger partial charge in [-0.2, -0.15) is 0 Å². The third kappa shape index (κ3) is 3.45. The second kappa shape index (κ2) is 5.39. The highest BCUT2D eigenvalue weighted by Gasteiger charge is 2.05. The molecule has 98 valence electrons. The normalized spacial score (nSPS) is 10.0. The van der Waals surface area contributed by atoms with Gasteiger partial charge in [-0.15, -0.1) is 0 Å². The number of rotatable bonds is 2. The zero-order valence-electron chi connectivity index (χ0n) is 10.4. The van der Waals surface area contributed by atoms with Crippen molar-refractivity contribution in [1.82, 2.24) is 0 Å². The Hall–Kier alpha value is -2.56. The number of nitrogens with one attached hydrogen (secondary N) is 2. The maximum absolute atomic E-state index is 13.0. The molecule has 0 radical (unpaired) electrons. The van der Waals surface area contributed by atoms with Gasteiger partial charge in [-0.25, -0.2) is 9.18 Å². The number of urea groups is 1. The van der Waals surface area contributed by atoms with E-state index in [4.69, 9.17) is 5.73 Å². The van der Waals surface area contributed by atoms with Gasteiger partial charge in [0.1, 0.15) is 5.82 Å². The van der Waals surface area contributed by atoms with Crippen molar-refractivity contribution in [3.05, 3.63) is 53.8 Å². The standard InChI is InChI=1S/C14H14FN3O/c1-9-5-6-13(12(16)7-9)18-14(19)17-11-4-2-3-10(15)8-11/h2-8H,16H2,1H3,(H2,17,18,19). The Balaban J connectivity index is 2.05. The van der Waals surface area contributed by atoms with E-state index in [0.29, 0.717) is 17.1 Å². The van der Waals surface area contributed by atoms with Crippen LogP contribution in [0.1, 0.15) is 5.56 Å². The van der Waals surface area contributed by atoms with Crippen molar-refractivity contribution in [1.29, 1.82) is 0 Å². The molecule has 0 heterocycles. The third-order valence-electron chi connectivity index (χ3n) is 2.54. The number of halogens is 1. The van der Waals surface area contributed by atoms with Gasteiger partial charge in [0.2, 0.25) is 0 Å². The van der Waals surface area contributed by atoms with Crippen LogP contribution in [-0.4, -0.2) is 6.03 Å². The number of amides is 2. The minimum Gasteiger partial charge on any atom is -0.397 e. The lowest BCUT2D eigenvalue weighted by Crippen LogP contribution is -2.20. The average molecular weight is 259 g/mol. The van der Waals surface area contributed by atoms with Crippen LogP contribution in [-0.2, 0) is 0 Å². The summed E-state index contributed by atoms with van der Waals surface area (Å²) in [6.45, 7) is 1.91.